The van der Waals surface area contributed by atoms with E-state index in [1.165, 1.54) is 32.4 Å². The summed E-state index contributed by atoms with van der Waals surface area (Å²) in [5, 5.41) is 3.47. The van der Waals surface area contributed by atoms with E-state index in [1.54, 1.807) is 12.5 Å². The topological polar surface area (TPSA) is 15.3 Å². The Hall–Kier alpha value is 0.790. The van der Waals surface area contributed by atoms with E-state index < -0.39 is 21.4 Å². The third kappa shape index (κ3) is 3.13. The summed E-state index contributed by atoms with van der Waals surface area (Å²) in [6.45, 7) is 4.91. The summed E-state index contributed by atoms with van der Waals surface area (Å²) in [4.78, 5) is 2.74. The molecule has 0 aromatic rings. The number of hydrogen-bond donors (Lipinski definition) is 1. The Morgan fingerprint density at radius 3 is 2.53 bits per heavy atom. The Morgan fingerprint density at radius 2 is 1.93 bits per heavy atom. The van der Waals surface area contributed by atoms with Gasteiger partial charge in [-0.3, -0.25) is 0 Å². The van der Waals surface area contributed by atoms with Crippen LogP contribution in [-0.4, -0.2) is 58.6 Å². The van der Waals surface area contributed by atoms with Crippen molar-refractivity contribution in [2.24, 2.45) is 0 Å². The second-order valence-corrected chi connectivity index (χ2v) is 15.7. The fourth-order valence-electron chi connectivity index (χ4n) is 3.30. The average Bonchev–Trinajstić information content (AvgIpc) is 2.78. The van der Waals surface area contributed by atoms with Crippen molar-refractivity contribution in [1.29, 1.82) is 0 Å². The summed E-state index contributed by atoms with van der Waals surface area (Å²) < 4.78 is 4.94. The van der Waals surface area contributed by atoms with E-state index in [0.29, 0.717) is 0 Å². The quantitative estimate of drug-likeness (QED) is 0.857. The van der Waals surface area contributed by atoms with Crippen molar-refractivity contribution < 1.29 is 0 Å². The van der Waals surface area contributed by atoms with Gasteiger partial charge in [0.2, 0.25) is 0 Å². The molecule has 2 fully saturated rings. The maximum absolute atomic E-state index is 3.47. The third-order valence-electron chi connectivity index (χ3n) is 4.55. The van der Waals surface area contributed by atoms with Gasteiger partial charge in [-0.2, -0.15) is 0 Å². The van der Waals surface area contributed by atoms with Crippen LogP contribution in [0.5, 0.6) is 0 Å². The van der Waals surface area contributed by atoms with E-state index in [-0.39, 0.29) is 0 Å². The summed E-state index contributed by atoms with van der Waals surface area (Å²) >= 11 is -0.951. The fourth-order valence-corrected chi connectivity index (χ4v) is 12.4. The Bertz CT molecular complexity index is 192. The molecule has 0 aliphatic carbocycles. The number of nitrogens with one attached hydrogen (secondary N) is 1. The van der Waals surface area contributed by atoms with Crippen LogP contribution in [0.1, 0.15) is 26.2 Å². The monoisotopic (exact) mass is 312 g/mol. The van der Waals surface area contributed by atoms with Crippen LogP contribution in [0.4, 0.5) is 0 Å². The molecule has 86 valence electrons. The summed E-state index contributed by atoms with van der Waals surface area (Å²) in [5.74, 6) is 0. The molecule has 2 saturated heterocycles. The number of hydrogen-bond acceptors (Lipinski definition) is 2. The fraction of sp³-hybridized carbons (Fsp3) is 1.00. The van der Waals surface area contributed by atoms with Crippen LogP contribution in [0.2, 0.25) is 12.5 Å². The van der Waals surface area contributed by atoms with E-state index in [0.717, 1.165) is 12.1 Å². The summed E-state index contributed by atoms with van der Waals surface area (Å²) in [5.41, 5.74) is 0. The van der Waals surface area contributed by atoms with Crippen molar-refractivity contribution in [1.82, 2.24) is 10.2 Å². The first-order chi connectivity index (χ1) is 7.31. The molecule has 3 heteroatoms. The average molecular weight is 312 g/mol. The molecular formula is C12H25InN2. The first-order valence-corrected chi connectivity index (χ1v) is 13.7. The molecule has 0 bridgehead atoms. The Morgan fingerprint density at radius 1 is 1.20 bits per heavy atom. The van der Waals surface area contributed by atoms with Gasteiger partial charge in [-0.25, -0.2) is 0 Å². The minimum absolute atomic E-state index is 0.887. The molecule has 2 aliphatic heterocycles. The Kier molecular flexibility index (Phi) is 4.84. The second kappa shape index (κ2) is 5.92. The van der Waals surface area contributed by atoms with Gasteiger partial charge < -0.3 is 0 Å². The van der Waals surface area contributed by atoms with Gasteiger partial charge in [-0.15, -0.1) is 0 Å². The molecule has 15 heavy (non-hydrogen) atoms. The number of piperidine rings is 1. The maximum atomic E-state index is 3.47. The van der Waals surface area contributed by atoms with Crippen molar-refractivity contribution in [2.75, 3.05) is 20.1 Å². The molecule has 2 nitrogen and oxygen atoms in total. The first kappa shape index (κ1) is 12.3. The molecule has 2 heterocycles. The van der Waals surface area contributed by atoms with Crippen LogP contribution in [-0.2, 0) is 0 Å². The summed E-state index contributed by atoms with van der Waals surface area (Å²) in [6, 6.07) is 1.87. The normalized spacial score (nSPS) is 29.0. The zero-order chi connectivity index (χ0) is 10.7. The molecule has 0 saturated carbocycles. The molecule has 0 radical (unpaired) electrons. The van der Waals surface area contributed by atoms with E-state index in [2.05, 4.69) is 24.2 Å². The molecule has 0 spiro atoms. The van der Waals surface area contributed by atoms with E-state index in [9.17, 15) is 0 Å². The molecule has 1 atom stereocenters. The minimum atomic E-state index is -0.951. The van der Waals surface area contributed by atoms with Crippen molar-refractivity contribution in [3.8, 4) is 0 Å². The van der Waals surface area contributed by atoms with Crippen molar-refractivity contribution in [2.45, 2.75) is 50.8 Å². The Balaban J connectivity index is 1.82. The third-order valence-corrected chi connectivity index (χ3v) is 14.6. The molecule has 0 aromatic carbocycles. The molecule has 0 amide bonds. The molecule has 1 unspecified atom stereocenters. The van der Waals surface area contributed by atoms with Crippen molar-refractivity contribution >= 4 is 21.4 Å². The molecule has 1 N–H and O–H groups in total. The molecule has 2 aliphatic rings. The summed E-state index contributed by atoms with van der Waals surface area (Å²) in [6.07, 6.45) is 4.29. The van der Waals surface area contributed by atoms with Crippen LogP contribution >= 0.6 is 0 Å². The predicted molar refractivity (Wildman–Crippen MR) is 67.9 cm³/mol. The van der Waals surface area contributed by atoms with Crippen LogP contribution in [0.3, 0.4) is 0 Å². The van der Waals surface area contributed by atoms with Gasteiger partial charge in [-0.1, -0.05) is 0 Å². The SMILES string of the molecule is C[CH2][In]1[CH2]CC(N(C)C2CCNCC2)[CH2]1. The van der Waals surface area contributed by atoms with Gasteiger partial charge in [0.25, 0.3) is 0 Å². The van der Waals surface area contributed by atoms with Gasteiger partial charge >= 0.3 is 103 Å². The van der Waals surface area contributed by atoms with Gasteiger partial charge in [0.15, 0.2) is 0 Å². The zero-order valence-electron chi connectivity index (χ0n) is 10.3. The van der Waals surface area contributed by atoms with Crippen LogP contribution in [0.25, 0.3) is 0 Å². The zero-order valence-corrected chi connectivity index (χ0v) is 13.6. The van der Waals surface area contributed by atoms with Crippen LogP contribution in [0.15, 0.2) is 0 Å². The van der Waals surface area contributed by atoms with Crippen LogP contribution in [0, 0.1) is 0 Å². The number of rotatable bonds is 3. The van der Waals surface area contributed by atoms with E-state index in [4.69, 9.17) is 0 Å². The second-order valence-electron chi connectivity index (χ2n) is 5.39. The summed E-state index contributed by atoms with van der Waals surface area (Å²) in [7, 11) is 2.39. The van der Waals surface area contributed by atoms with Crippen molar-refractivity contribution in [3.63, 3.8) is 0 Å². The standard InChI is InChI=1S/C10H20N2.C2H5.In/c1-4-9(2)12(3)10-5-7-11-8-6-10;1-2;/h9-11H,1-2,4-8H2,3H3;1H2,2H3;. The first-order valence-electron chi connectivity index (χ1n) is 6.74. The predicted octanol–water partition coefficient (Wildman–Crippen LogP) is 1.96. The van der Waals surface area contributed by atoms with Gasteiger partial charge in [0.1, 0.15) is 0 Å². The molecule has 0 aromatic heterocycles. The molecule has 2 rings (SSSR count). The molecular weight excluding hydrogens is 287 g/mol. The Labute approximate surface area is 102 Å². The van der Waals surface area contributed by atoms with Crippen molar-refractivity contribution in [3.05, 3.63) is 0 Å². The van der Waals surface area contributed by atoms with Gasteiger partial charge in [0.05, 0.1) is 0 Å². The number of nitrogens with zero attached hydrogens (tertiary/aromatic N) is 1. The van der Waals surface area contributed by atoms with E-state index >= 15 is 0 Å². The van der Waals surface area contributed by atoms with Gasteiger partial charge in [-0.05, 0) is 0 Å². The van der Waals surface area contributed by atoms with E-state index in [1.807, 2.05) is 0 Å². The van der Waals surface area contributed by atoms with Crippen LogP contribution < -0.4 is 5.32 Å². The van der Waals surface area contributed by atoms with Gasteiger partial charge in [0, 0.05) is 0 Å².